The van der Waals surface area contributed by atoms with Crippen LogP contribution in [0.3, 0.4) is 0 Å². The molecule has 0 amide bonds. The van der Waals surface area contributed by atoms with Crippen LogP contribution in [0.4, 0.5) is 4.39 Å². The van der Waals surface area contributed by atoms with Crippen LogP contribution in [0.5, 0.6) is 0 Å². The van der Waals surface area contributed by atoms with Crippen LogP contribution in [0.2, 0.25) is 5.02 Å². The second-order valence-corrected chi connectivity index (χ2v) is 5.46. The zero-order chi connectivity index (χ0) is 13.0. The minimum absolute atomic E-state index is 0.133. The Morgan fingerprint density at radius 3 is 3.00 bits per heavy atom. The predicted molar refractivity (Wildman–Crippen MR) is 74.5 cm³/mol. The molecule has 0 spiro atoms. The van der Waals surface area contributed by atoms with Gasteiger partial charge in [0.15, 0.2) is 0 Å². The van der Waals surface area contributed by atoms with Crippen LogP contribution in [0.25, 0.3) is 10.6 Å². The number of aromatic nitrogens is 1. The summed E-state index contributed by atoms with van der Waals surface area (Å²) in [7, 11) is 0. The number of rotatable bonds is 5. The van der Waals surface area contributed by atoms with E-state index in [0.717, 1.165) is 30.1 Å². The average Bonchev–Trinajstić information content (AvgIpc) is 2.82. The third kappa shape index (κ3) is 3.28. The Hall–Kier alpha value is -0.970. The largest absolute Gasteiger partial charge is 0.312 e. The van der Waals surface area contributed by atoms with E-state index in [9.17, 15) is 4.39 Å². The number of hydrogen-bond donors (Lipinski definition) is 1. The molecule has 1 heterocycles. The van der Waals surface area contributed by atoms with Gasteiger partial charge in [0, 0.05) is 23.2 Å². The molecule has 2 rings (SSSR count). The van der Waals surface area contributed by atoms with Gasteiger partial charge >= 0.3 is 0 Å². The molecule has 0 saturated heterocycles. The van der Waals surface area contributed by atoms with Crippen LogP contribution in [0, 0.1) is 5.82 Å². The molecule has 2 aromatic rings. The van der Waals surface area contributed by atoms with Crippen molar-refractivity contribution in [3.8, 4) is 10.6 Å². The number of hydrogen-bond acceptors (Lipinski definition) is 3. The molecular weight excluding hydrogens is 271 g/mol. The van der Waals surface area contributed by atoms with E-state index in [4.69, 9.17) is 11.6 Å². The van der Waals surface area contributed by atoms with Gasteiger partial charge in [-0.3, -0.25) is 0 Å². The molecule has 0 bridgehead atoms. The van der Waals surface area contributed by atoms with E-state index in [1.165, 1.54) is 10.9 Å². The van der Waals surface area contributed by atoms with E-state index in [2.05, 4.69) is 17.2 Å². The molecule has 0 atom stereocenters. The molecule has 0 aliphatic rings. The normalized spacial score (nSPS) is 10.8. The summed E-state index contributed by atoms with van der Waals surface area (Å²) in [6.45, 7) is 3.95. The number of thiazole rings is 1. The maximum atomic E-state index is 13.1. The average molecular weight is 285 g/mol. The van der Waals surface area contributed by atoms with Gasteiger partial charge in [-0.05, 0) is 31.2 Å². The topological polar surface area (TPSA) is 24.9 Å². The molecule has 0 saturated carbocycles. The summed E-state index contributed by atoms with van der Waals surface area (Å²) in [5, 5.41) is 4.32. The van der Waals surface area contributed by atoms with Gasteiger partial charge < -0.3 is 5.32 Å². The molecule has 5 heteroatoms. The number of nitrogens with zero attached hydrogens (tertiary/aromatic N) is 1. The van der Waals surface area contributed by atoms with Crippen molar-refractivity contribution in [2.45, 2.75) is 19.9 Å². The standard InChI is InChI=1S/C13H14ClFN2S/c1-2-5-16-7-10-8-17-13(18-10)9-3-4-12(15)11(14)6-9/h3-4,6,8,16H,2,5,7H2,1H3. The van der Waals surface area contributed by atoms with Crippen molar-refractivity contribution < 1.29 is 4.39 Å². The van der Waals surface area contributed by atoms with E-state index in [1.807, 2.05) is 6.20 Å². The first-order valence-electron chi connectivity index (χ1n) is 5.81. The Kier molecular flexibility index (Phi) is 4.69. The lowest BCUT2D eigenvalue weighted by atomic mass is 10.2. The molecule has 0 radical (unpaired) electrons. The summed E-state index contributed by atoms with van der Waals surface area (Å²) in [6, 6.07) is 4.68. The molecule has 96 valence electrons. The zero-order valence-electron chi connectivity index (χ0n) is 10.0. The van der Waals surface area contributed by atoms with Crippen LogP contribution in [0.1, 0.15) is 18.2 Å². The second kappa shape index (κ2) is 6.27. The van der Waals surface area contributed by atoms with Gasteiger partial charge in [0.05, 0.1) is 5.02 Å². The van der Waals surface area contributed by atoms with Gasteiger partial charge in [-0.25, -0.2) is 9.37 Å². The van der Waals surface area contributed by atoms with Crippen molar-refractivity contribution in [2.75, 3.05) is 6.54 Å². The highest BCUT2D eigenvalue weighted by molar-refractivity contribution is 7.15. The monoisotopic (exact) mass is 284 g/mol. The summed E-state index contributed by atoms with van der Waals surface area (Å²) in [4.78, 5) is 5.50. The summed E-state index contributed by atoms with van der Waals surface area (Å²) in [6.07, 6.45) is 2.96. The Balaban J connectivity index is 2.11. The van der Waals surface area contributed by atoms with Crippen molar-refractivity contribution in [1.82, 2.24) is 10.3 Å². The summed E-state index contributed by atoms with van der Waals surface area (Å²) >= 11 is 7.36. The van der Waals surface area contributed by atoms with Gasteiger partial charge in [0.1, 0.15) is 10.8 Å². The first kappa shape index (κ1) is 13.5. The van der Waals surface area contributed by atoms with Crippen molar-refractivity contribution in [3.05, 3.63) is 40.1 Å². The van der Waals surface area contributed by atoms with E-state index in [1.54, 1.807) is 23.5 Å². The van der Waals surface area contributed by atoms with E-state index in [0.29, 0.717) is 0 Å². The van der Waals surface area contributed by atoms with E-state index < -0.39 is 5.82 Å². The van der Waals surface area contributed by atoms with Gasteiger partial charge in [-0.15, -0.1) is 11.3 Å². The number of nitrogens with one attached hydrogen (secondary N) is 1. The van der Waals surface area contributed by atoms with Gasteiger partial charge in [0.2, 0.25) is 0 Å². The number of benzene rings is 1. The van der Waals surface area contributed by atoms with E-state index in [-0.39, 0.29) is 5.02 Å². The highest BCUT2D eigenvalue weighted by atomic mass is 35.5. The third-order valence-corrected chi connectivity index (χ3v) is 3.78. The molecule has 1 N–H and O–H groups in total. The zero-order valence-corrected chi connectivity index (χ0v) is 11.6. The van der Waals surface area contributed by atoms with Crippen molar-refractivity contribution in [1.29, 1.82) is 0 Å². The minimum Gasteiger partial charge on any atom is -0.312 e. The molecular formula is C13H14ClFN2S. The molecule has 0 unspecified atom stereocenters. The molecule has 1 aromatic carbocycles. The molecule has 2 nitrogen and oxygen atoms in total. The fourth-order valence-electron chi connectivity index (χ4n) is 1.54. The van der Waals surface area contributed by atoms with Crippen molar-refractivity contribution in [2.24, 2.45) is 0 Å². The van der Waals surface area contributed by atoms with E-state index >= 15 is 0 Å². The smallest absolute Gasteiger partial charge is 0.141 e. The van der Waals surface area contributed by atoms with Crippen LogP contribution in [-0.4, -0.2) is 11.5 Å². The van der Waals surface area contributed by atoms with Crippen LogP contribution >= 0.6 is 22.9 Å². The Morgan fingerprint density at radius 2 is 2.28 bits per heavy atom. The van der Waals surface area contributed by atoms with Crippen molar-refractivity contribution >= 4 is 22.9 Å². The maximum Gasteiger partial charge on any atom is 0.141 e. The van der Waals surface area contributed by atoms with Gasteiger partial charge in [-0.1, -0.05) is 18.5 Å². The first-order chi connectivity index (χ1) is 8.70. The van der Waals surface area contributed by atoms with Crippen LogP contribution in [0.15, 0.2) is 24.4 Å². The second-order valence-electron chi connectivity index (χ2n) is 3.94. The molecule has 0 fully saturated rings. The Morgan fingerprint density at radius 1 is 1.44 bits per heavy atom. The highest BCUT2D eigenvalue weighted by Gasteiger charge is 2.07. The van der Waals surface area contributed by atoms with Crippen LogP contribution < -0.4 is 5.32 Å². The molecule has 0 aliphatic heterocycles. The Labute approximate surface area is 115 Å². The lowest BCUT2D eigenvalue weighted by molar-refractivity contribution is 0.628. The summed E-state index contributed by atoms with van der Waals surface area (Å²) in [5.41, 5.74) is 0.855. The molecule has 0 aliphatic carbocycles. The lowest BCUT2D eigenvalue weighted by Gasteiger charge is -1.99. The first-order valence-corrected chi connectivity index (χ1v) is 7.01. The minimum atomic E-state index is -0.401. The Bertz CT molecular complexity index is 527. The highest BCUT2D eigenvalue weighted by Crippen LogP contribution is 2.28. The van der Waals surface area contributed by atoms with Crippen molar-refractivity contribution in [3.63, 3.8) is 0 Å². The fourth-order valence-corrected chi connectivity index (χ4v) is 2.60. The SMILES string of the molecule is CCCNCc1cnc(-c2ccc(F)c(Cl)c2)s1. The number of halogens is 2. The fraction of sp³-hybridized carbons (Fsp3) is 0.308. The van der Waals surface area contributed by atoms with Crippen LogP contribution in [-0.2, 0) is 6.54 Å². The lowest BCUT2D eigenvalue weighted by Crippen LogP contribution is -2.12. The molecule has 18 heavy (non-hydrogen) atoms. The third-order valence-electron chi connectivity index (χ3n) is 2.45. The van der Waals surface area contributed by atoms with Gasteiger partial charge in [0.25, 0.3) is 0 Å². The quantitative estimate of drug-likeness (QED) is 0.836. The van der Waals surface area contributed by atoms with Gasteiger partial charge in [-0.2, -0.15) is 0 Å². The summed E-state index contributed by atoms with van der Waals surface area (Å²) in [5.74, 6) is -0.401. The summed E-state index contributed by atoms with van der Waals surface area (Å²) < 4.78 is 13.1. The maximum absolute atomic E-state index is 13.1. The molecule has 1 aromatic heterocycles. The predicted octanol–water partition coefficient (Wildman–Crippen LogP) is 4.10.